The molecular formula is C14H10BrNO5. The lowest BCUT2D eigenvalue weighted by Gasteiger charge is -2.08. The summed E-state index contributed by atoms with van der Waals surface area (Å²) in [5.41, 5.74) is 0.599. The van der Waals surface area contributed by atoms with Gasteiger partial charge in [0, 0.05) is 16.1 Å². The van der Waals surface area contributed by atoms with Crippen LogP contribution in [0.4, 0.5) is 5.69 Å². The highest BCUT2D eigenvalue weighted by atomic mass is 79.9. The standard InChI is InChI=1S/C14H10BrNO5/c1-21-14(18)9-4-2-3-8(5-9)11-6-10(15)7-12(13(11)17)16(19)20/h2-7,17H,1H3. The van der Waals surface area contributed by atoms with Gasteiger partial charge in [-0.15, -0.1) is 0 Å². The molecule has 0 radical (unpaired) electrons. The molecule has 7 heteroatoms. The van der Waals surface area contributed by atoms with Crippen molar-refractivity contribution < 1.29 is 19.6 Å². The Labute approximate surface area is 128 Å². The molecule has 21 heavy (non-hydrogen) atoms. The molecule has 2 rings (SSSR count). The predicted octanol–water partition coefficient (Wildman–Crippen LogP) is 3.52. The van der Waals surface area contributed by atoms with E-state index < -0.39 is 22.3 Å². The summed E-state index contributed by atoms with van der Waals surface area (Å²) in [6, 6.07) is 9.04. The van der Waals surface area contributed by atoms with Crippen LogP contribution in [0.5, 0.6) is 5.75 Å². The van der Waals surface area contributed by atoms with Crippen LogP contribution in [0.25, 0.3) is 11.1 Å². The van der Waals surface area contributed by atoms with Gasteiger partial charge in [0.2, 0.25) is 5.75 Å². The number of nitro groups is 1. The average molecular weight is 352 g/mol. The topological polar surface area (TPSA) is 89.7 Å². The van der Waals surface area contributed by atoms with Gasteiger partial charge in [-0.3, -0.25) is 10.1 Å². The highest BCUT2D eigenvalue weighted by Crippen LogP contribution is 2.39. The number of rotatable bonds is 3. The first-order valence-corrected chi connectivity index (χ1v) is 6.59. The van der Waals surface area contributed by atoms with E-state index in [2.05, 4.69) is 20.7 Å². The number of hydrogen-bond donors (Lipinski definition) is 1. The normalized spacial score (nSPS) is 10.2. The molecule has 0 aromatic heterocycles. The lowest BCUT2D eigenvalue weighted by atomic mass is 10.0. The Morgan fingerprint density at radius 2 is 2.05 bits per heavy atom. The van der Waals surface area contributed by atoms with E-state index in [4.69, 9.17) is 0 Å². The lowest BCUT2D eigenvalue weighted by molar-refractivity contribution is -0.385. The van der Waals surface area contributed by atoms with Gasteiger partial charge in [-0.1, -0.05) is 28.1 Å². The molecule has 0 fully saturated rings. The first-order chi connectivity index (χ1) is 9.93. The number of hydrogen-bond acceptors (Lipinski definition) is 5. The van der Waals surface area contributed by atoms with Crippen molar-refractivity contribution in [3.63, 3.8) is 0 Å². The fourth-order valence-corrected chi connectivity index (χ4v) is 2.32. The number of aromatic hydroxyl groups is 1. The van der Waals surface area contributed by atoms with Crippen molar-refractivity contribution in [2.75, 3.05) is 7.11 Å². The molecule has 0 amide bonds. The predicted molar refractivity (Wildman–Crippen MR) is 79.2 cm³/mol. The van der Waals surface area contributed by atoms with Gasteiger partial charge in [0.1, 0.15) is 0 Å². The summed E-state index contributed by atoms with van der Waals surface area (Å²) in [4.78, 5) is 21.8. The number of nitrogens with zero attached hydrogens (tertiary/aromatic N) is 1. The zero-order chi connectivity index (χ0) is 15.6. The third-order valence-corrected chi connectivity index (χ3v) is 3.30. The van der Waals surface area contributed by atoms with Crippen molar-refractivity contribution in [2.45, 2.75) is 0 Å². The maximum Gasteiger partial charge on any atom is 0.337 e. The van der Waals surface area contributed by atoms with E-state index in [1.165, 1.54) is 19.2 Å². The van der Waals surface area contributed by atoms with Gasteiger partial charge >= 0.3 is 11.7 Å². The number of carbonyl (C=O) groups is 1. The van der Waals surface area contributed by atoms with E-state index >= 15 is 0 Å². The van der Waals surface area contributed by atoms with Crippen LogP contribution in [0.2, 0.25) is 0 Å². The first kappa shape index (κ1) is 15.0. The number of esters is 1. The number of methoxy groups -OCH3 is 1. The van der Waals surface area contributed by atoms with Crippen molar-refractivity contribution in [2.24, 2.45) is 0 Å². The molecule has 0 aliphatic carbocycles. The highest BCUT2D eigenvalue weighted by molar-refractivity contribution is 9.10. The molecule has 6 nitrogen and oxygen atoms in total. The summed E-state index contributed by atoms with van der Waals surface area (Å²) in [6.45, 7) is 0. The zero-order valence-electron chi connectivity index (χ0n) is 10.9. The largest absolute Gasteiger partial charge is 0.502 e. The van der Waals surface area contributed by atoms with Gasteiger partial charge < -0.3 is 9.84 Å². The van der Waals surface area contributed by atoms with Gasteiger partial charge in [-0.05, 0) is 23.8 Å². The molecule has 0 saturated heterocycles. The molecule has 0 bridgehead atoms. The summed E-state index contributed by atoms with van der Waals surface area (Å²) >= 11 is 3.17. The second kappa shape index (κ2) is 5.92. The molecule has 0 heterocycles. The minimum Gasteiger partial charge on any atom is -0.502 e. The average Bonchev–Trinajstić information content (AvgIpc) is 2.48. The molecule has 2 aromatic rings. The van der Waals surface area contributed by atoms with Gasteiger partial charge in [0.25, 0.3) is 0 Å². The Hall–Kier alpha value is -2.41. The van der Waals surface area contributed by atoms with Crippen LogP contribution < -0.4 is 0 Å². The molecule has 108 valence electrons. The van der Waals surface area contributed by atoms with E-state index in [-0.39, 0.29) is 11.1 Å². The van der Waals surface area contributed by atoms with Crippen molar-refractivity contribution in [3.05, 3.63) is 56.5 Å². The van der Waals surface area contributed by atoms with E-state index in [9.17, 15) is 20.0 Å². The molecular weight excluding hydrogens is 342 g/mol. The van der Waals surface area contributed by atoms with Crippen LogP contribution in [0, 0.1) is 10.1 Å². The highest BCUT2D eigenvalue weighted by Gasteiger charge is 2.20. The number of halogens is 1. The quantitative estimate of drug-likeness (QED) is 0.519. The maximum atomic E-state index is 11.5. The van der Waals surface area contributed by atoms with Crippen molar-refractivity contribution in [1.29, 1.82) is 0 Å². The summed E-state index contributed by atoms with van der Waals surface area (Å²) in [6.07, 6.45) is 0. The fraction of sp³-hybridized carbons (Fsp3) is 0.0714. The Morgan fingerprint density at radius 1 is 1.33 bits per heavy atom. The number of carbonyl (C=O) groups excluding carboxylic acids is 1. The molecule has 0 unspecified atom stereocenters. The van der Waals surface area contributed by atoms with Gasteiger partial charge in [-0.25, -0.2) is 4.79 Å². The van der Waals surface area contributed by atoms with Crippen molar-refractivity contribution in [1.82, 2.24) is 0 Å². The second-order valence-corrected chi connectivity index (χ2v) is 5.07. The van der Waals surface area contributed by atoms with E-state index in [1.807, 2.05) is 0 Å². The van der Waals surface area contributed by atoms with Crippen LogP contribution in [0.3, 0.4) is 0 Å². The molecule has 0 saturated carbocycles. The summed E-state index contributed by atoms with van der Waals surface area (Å²) in [7, 11) is 1.26. The monoisotopic (exact) mass is 351 g/mol. The number of ether oxygens (including phenoxy) is 1. The lowest BCUT2D eigenvalue weighted by Crippen LogP contribution is -2.01. The molecule has 0 spiro atoms. The first-order valence-electron chi connectivity index (χ1n) is 5.79. The van der Waals surface area contributed by atoms with Crippen LogP contribution >= 0.6 is 15.9 Å². The number of phenolic OH excluding ortho intramolecular Hbond substituents is 1. The Kier molecular flexibility index (Phi) is 4.23. The van der Waals surface area contributed by atoms with Crippen LogP contribution in [-0.2, 0) is 4.74 Å². The Morgan fingerprint density at radius 3 is 2.67 bits per heavy atom. The molecule has 0 aliphatic heterocycles. The minimum atomic E-state index is -0.673. The third-order valence-electron chi connectivity index (χ3n) is 2.85. The van der Waals surface area contributed by atoms with Crippen LogP contribution in [0.1, 0.15) is 10.4 Å². The Bertz CT molecular complexity index is 729. The summed E-state index contributed by atoms with van der Waals surface area (Å²) in [5, 5.41) is 21.0. The summed E-state index contributed by atoms with van der Waals surface area (Å²) in [5.74, 6) is -0.981. The number of phenols is 1. The van der Waals surface area contributed by atoms with Crippen LogP contribution in [-0.4, -0.2) is 23.1 Å². The zero-order valence-corrected chi connectivity index (χ0v) is 12.5. The van der Waals surface area contributed by atoms with Gasteiger partial charge in [0.05, 0.1) is 17.6 Å². The van der Waals surface area contributed by atoms with E-state index in [0.29, 0.717) is 10.0 Å². The summed E-state index contributed by atoms with van der Waals surface area (Å²) < 4.78 is 5.07. The molecule has 1 N–H and O–H groups in total. The maximum absolute atomic E-state index is 11.5. The Balaban J connectivity index is 2.62. The van der Waals surface area contributed by atoms with Crippen molar-refractivity contribution >= 4 is 27.6 Å². The van der Waals surface area contributed by atoms with Gasteiger partial charge in [-0.2, -0.15) is 0 Å². The minimum absolute atomic E-state index is 0.252. The van der Waals surface area contributed by atoms with E-state index in [0.717, 1.165) is 0 Å². The van der Waals surface area contributed by atoms with Gasteiger partial charge in [0.15, 0.2) is 0 Å². The fourth-order valence-electron chi connectivity index (χ4n) is 1.88. The third kappa shape index (κ3) is 3.03. The number of benzene rings is 2. The second-order valence-electron chi connectivity index (χ2n) is 4.15. The van der Waals surface area contributed by atoms with Crippen molar-refractivity contribution in [3.8, 4) is 16.9 Å². The van der Waals surface area contributed by atoms with E-state index in [1.54, 1.807) is 24.3 Å². The molecule has 0 aliphatic rings. The molecule has 2 aromatic carbocycles. The smallest absolute Gasteiger partial charge is 0.337 e. The molecule has 0 atom stereocenters. The number of nitro benzene ring substituents is 1. The van der Waals surface area contributed by atoms with Crippen LogP contribution in [0.15, 0.2) is 40.9 Å². The SMILES string of the molecule is COC(=O)c1cccc(-c2cc(Br)cc([N+](=O)[O-])c2O)c1.